The average molecular weight is 327 g/mol. The van der Waals surface area contributed by atoms with Gasteiger partial charge in [0.2, 0.25) is 0 Å². The molecule has 3 aliphatic heterocycles. The van der Waals surface area contributed by atoms with Crippen molar-refractivity contribution < 1.29 is 14.7 Å². The van der Waals surface area contributed by atoms with Crippen molar-refractivity contribution in [3.05, 3.63) is 0 Å². The first-order valence-electron chi connectivity index (χ1n) is 8.12. The van der Waals surface area contributed by atoms with E-state index < -0.39 is 11.6 Å². The Morgan fingerprint density at radius 2 is 2.09 bits per heavy atom. The van der Waals surface area contributed by atoms with Gasteiger partial charge in [-0.1, -0.05) is 6.92 Å². The molecule has 3 amide bonds. The molecule has 3 saturated heterocycles. The van der Waals surface area contributed by atoms with Crippen molar-refractivity contribution in [3.63, 3.8) is 0 Å². The number of piperidine rings is 1. The van der Waals surface area contributed by atoms with Crippen molar-refractivity contribution in [1.82, 2.24) is 15.1 Å². The lowest BCUT2D eigenvalue weighted by Gasteiger charge is -2.32. The van der Waals surface area contributed by atoms with Gasteiger partial charge in [0, 0.05) is 12.3 Å². The summed E-state index contributed by atoms with van der Waals surface area (Å²) in [7, 11) is 0. The van der Waals surface area contributed by atoms with Gasteiger partial charge in [-0.2, -0.15) is 11.8 Å². The van der Waals surface area contributed by atoms with Gasteiger partial charge in [0.15, 0.2) is 0 Å². The van der Waals surface area contributed by atoms with E-state index in [4.69, 9.17) is 0 Å². The maximum atomic E-state index is 12.5. The Morgan fingerprint density at radius 3 is 2.73 bits per heavy atom. The number of nitrogens with one attached hydrogen (secondary N) is 1. The van der Waals surface area contributed by atoms with E-state index in [-0.39, 0.29) is 18.5 Å². The summed E-state index contributed by atoms with van der Waals surface area (Å²) in [5, 5.41) is 13.1. The largest absolute Gasteiger partial charge is 0.390 e. The summed E-state index contributed by atoms with van der Waals surface area (Å²) in [6.07, 6.45) is 2.32. The lowest BCUT2D eigenvalue weighted by atomic mass is 9.98. The second kappa shape index (κ2) is 6.37. The SMILES string of the molecule is CC1CCN(C[C@H](O)CN2C(=O)N[C@]3(CCSC3)C2=O)CC1. The molecule has 124 valence electrons. The molecule has 0 saturated carbocycles. The number of urea groups is 1. The normalized spacial score (nSPS) is 32.0. The fourth-order valence-electron chi connectivity index (χ4n) is 3.49. The Morgan fingerprint density at radius 1 is 1.36 bits per heavy atom. The first-order chi connectivity index (χ1) is 10.5. The number of β-amino-alcohol motifs (C(OH)–C–C–N with tert-alkyl or cyclic N) is 1. The minimum Gasteiger partial charge on any atom is -0.390 e. The van der Waals surface area contributed by atoms with E-state index in [1.54, 1.807) is 11.8 Å². The molecule has 0 radical (unpaired) electrons. The molecule has 6 nitrogen and oxygen atoms in total. The third-order valence-corrected chi connectivity index (χ3v) is 6.20. The van der Waals surface area contributed by atoms with Gasteiger partial charge >= 0.3 is 6.03 Å². The van der Waals surface area contributed by atoms with Crippen molar-refractivity contribution in [1.29, 1.82) is 0 Å². The summed E-state index contributed by atoms with van der Waals surface area (Å²) >= 11 is 1.69. The Hall–Kier alpha value is -0.790. The summed E-state index contributed by atoms with van der Waals surface area (Å²) in [4.78, 5) is 28.0. The van der Waals surface area contributed by atoms with Crippen LogP contribution in [0.5, 0.6) is 0 Å². The monoisotopic (exact) mass is 327 g/mol. The van der Waals surface area contributed by atoms with Crippen molar-refractivity contribution >= 4 is 23.7 Å². The topological polar surface area (TPSA) is 72.9 Å². The molecule has 0 aromatic rings. The fourth-order valence-corrected chi connectivity index (χ4v) is 4.81. The van der Waals surface area contributed by atoms with E-state index in [1.165, 1.54) is 4.90 Å². The minimum atomic E-state index is -0.706. The van der Waals surface area contributed by atoms with E-state index in [0.717, 1.165) is 37.6 Å². The number of rotatable bonds is 4. The highest BCUT2D eigenvalue weighted by Gasteiger charge is 2.53. The summed E-state index contributed by atoms with van der Waals surface area (Å²) in [5.74, 6) is 2.13. The first kappa shape index (κ1) is 16.1. The lowest BCUT2D eigenvalue weighted by molar-refractivity contribution is -0.131. The zero-order chi connectivity index (χ0) is 15.7. The Bertz CT molecular complexity index is 445. The van der Waals surface area contributed by atoms with Crippen molar-refractivity contribution in [2.75, 3.05) is 37.7 Å². The van der Waals surface area contributed by atoms with Gasteiger partial charge in [-0.15, -0.1) is 0 Å². The molecule has 0 unspecified atom stereocenters. The molecular formula is C15H25N3O3S. The zero-order valence-corrected chi connectivity index (χ0v) is 13.9. The van der Waals surface area contributed by atoms with Crippen molar-refractivity contribution in [3.8, 4) is 0 Å². The Labute approximate surface area is 135 Å². The summed E-state index contributed by atoms with van der Waals surface area (Å²) in [5.41, 5.74) is -0.706. The van der Waals surface area contributed by atoms with Gasteiger partial charge in [-0.3, -0.25) is 9.69 Å². The number of hydrogen-bond acceptors (Lipinski definition) is 5. The molecular weight excluding hydrogens is 302 g/mol. The molecule has 1 spiro atoms. The highest BCUT2D eigenvalue weighted by Crippen LogP contribution is 2.33. The molecule has 0 aromatic heterocycles. The van der Waals surface area contributed by atoms with E-state index in [0.29, 0.717) is 18.7 Å². The van der Waals surface area contributed by atoms with E-state index in [1.807, 2.05) is 0 Å². The predicted octanol–water partition coefficient (Wildman–Crippen LogP) is 0.507. The van der Waals surface area contributed by atoms with Crippen LogP contribution in [0.2, 0.25) is 0 Å². The quantitative estimate of drug-likeness (QED) is 0.736. The van der Waals surface area contributed by atoms with Crippen LogP contribution < -0.4 is 5.32 Å². The molecule has 0 bridgehead atoms. The van der Waals surface area contributed by atoms with Crippen LogP contribution in [0, 0.1) is 5.92 Å². The number of carbonyl (C=O) groups excluding carboxylic acids is 2. The van der Waals surface area contributed by atoms with E-state index in [2.05, 4.69) is 17.1 Å². The highest BCUT2D eigenvalue weighted by atomic mass is 32.2. The lowest BCUT2D eigenvalue weighted by Crippen LogP contribution is -2.48. The Kier molecular flexibility index (Phi) is 4.66. The van der Waals surface area contributed by atoms with Crippen LogP contribution in [0.3, 0.4) is 0 Å². The van der Waals surface area contributed by atoms with Crippen LogP contribution in [-0.2, 0) is 4.79 Å². The van der Waals surface area contributed by atoms with E-state index >= 15 is 0 Å². The van der Waals surface area contributed by atoms with Crippen LogP contribution in [-0.4, -0.2) is 76.2 Å². The maximum absolute atomic E-state index is 12.5. The number of amides is 3. The molecule has 0 aliphatic carbocycles. The summed E-state index contributed by atoms with van der Waals surface area (Å²) < 4.78 is 0. The third-order valence-electron chi connectivity index (χ3n) is 5.01. The van der Waals surface area contributed by atoms with Crippen LogP contribution in [0.4, 0.5) is 4.79 Å². The minimum absolute atomic E-state index is 0.100. The number of thioether (sulfide) groups is 1. The van der Waals surface area contributed by atoms with Crippen molar-refractivity contribution in [2.24, 2.45) is 5.92 Å². The summed E-state index contributed by atoms with van der Waals surface area (Å²) in [6.45, 7) is 4.85. The fraction of sp³-hybridized carbons (Fsp3) is 0.867. The van der Waals surface area contributed by atoms with Crippen LogP contribution >= 0.6 is 11.8 Å². The van der Waals surface area contributed by atoms with Crippen LogP contribution in [0.15, 0.2) is 0 Å². The first-order valence-corrected chi connectivity index (χ1v) is 9.28. The molecule has 3 heterocycles. The second-order valence-electron chi connectivity index (χ2n) is 6.87. The van der Waals surface area contributed by atoms with Crippen LogP contribution in [0.25, 0.3) is 0 Å². The number of imide groups is 1. The predicted molar refractivity (Wildman–Crippen MR) is 85.8 cm³/mol. The third kappa shape index (κ3) is 3.12. The smallest absolute Gasteiger partial charge is 0.325 e. The van der Waals surface area contributed by atoms with Gasteiger partial charge in [0.1, 0.15) is 5.54 Å². The number of nitrogens with zero attached hydrogens (tertiary/aromatic N) is 2. The molecule has 3 aliphatic rings. The Balaban J connectivity index is 1.54. The molecule has 2 N–H and O–H groups in total. The number of carbonyl (C=O) groups is 2. The number of likely N-dealkylation sites (tertiary alicyclic amines) is 1. The zero-order valence-electron chi connectivity index (χ0n) is 13.1. The van der Waals surface area contributed by atoms with Crippen molar-refractivity contribution in [2.45, 2.75) is 37.8 Å². The van der Waals surface area contributed by atoms with Gasteiger partial charge in [0.25, 0.3) is 5.91 Å². The molecule has 3 rings (SSSR count). The highest BCUT2D eigenvalue weighted by molar-refractivity contribution is 7.99. The molecule has 22 heavy (non-hydrogen) atoms. The van der Waals surface area contributed by atoms with E-state index in [9.17, 15) is 14.7 Å². The van der Waals surface area contributed by atoms with Gasteiger partial charge in [0.05, 0.1) is 12.6 Å². The standard InChI is InChI=1S/C15H25N3O3S/c1-11-2-5-17(6-3-11)8-12(19)9-18-13(20)15(16-14(18)21)4-7-22-10-15/h11-12,19H,2-10H2,1H3,(H,16,21)/t12-,15-/m0/s1. The molecule has 0 aromatic carbocycles. The maximum Gasteiger partial charge on any atom is 0.325 e. The van der Waals surface area contributed by atoms with Gasteiger partial charge in [-0.25, -0.2) is 4.79 Å². The second-order valence-corrected chi connectivity index (χ2v) is 7.97. The number of aliphatic hydroxyl groups excluding tert-OH is 1. The molecule has 7 heteroatoms. The van der Waals surface area contributed by atoms with Gasteiger partial charge in [-0.05, 0) is 44.0 Å². The van der Waals surface area contributed by atoms with Crippen LogP contribution in [0.1, 0.15) is 26.2 Å². The number of hydrogen-bond donors (Lipinski definition) is 2. The summed E-state index contributed by atoms with van der Waals surface area (Å²) in [6, 6.07) is -0.348. The number of aliphatic hydroxyl groups is 1. The molecule has 2 atom stereocenters. The average Bonchev–Trinajstić information content (AvgIpc) is 3.03. The van der Waals surface area contributed by atoms with Gasteiger partial charge < -0.3 is 15.3 Å². The molecule has 3 fully saturated rings.